The molecule has 1 atom stereocenters. The molecule has 2 N–H and O–H groups in total. The Kier molecular flexibility index (Phi) is 5.09. The van der Waals surface area contributed by atoms with Crippen molar-refractivity contribution < 1.29 is 9.59 Å². The van der Waals surface area contributed by atoms with E-state index in [0.29, 0.717) is 6.54 Å². The second-order valence-corrected chi connectivity index (χ2v) is 4.62. The molecule has 110 valence electrons. The fourth-order valence-corrected chi connectivity index (χ4v) is 1.82. The van der Waals surface area contributed by atoms with Crippen molar-refractivity contribution >= 4 is 17.5 Å². The van der Waals surface area contributed by atoms with Gasteiger partial charge in [-0.15, -0.1) is 0 Å². The highest BCUT2D eigenvalue weighted by atomic mass is 16.2. The molecule has 0 saturated carbocycles. The lowest BCUT2D eigenvalue weighted by Gasteiger charge is -2.12. The predicted molar refractivity (Wildman–Crippen MR) is 79.6 cm³/mol. The van der Waals surface area contributed by atoms with Crippen molar-refractivity contribution in [2.24, 2.45) is 0 Å². The average Bonchev–Trinajstić information content (AvgIpc) is 3.01. The molecule has 6 nitrogen and oxygen atoms in total. The van der Waals surface area contributed by atoms with E-state index in [1.165, 1.54) is 0 Å². The van der Waals surface area contributed by atoms with E-state index >= 15 is 0 Å². The Balaban J connectivity index is 1.71. The number of aromatic nitrogens is 2. The molecule has 1 aromatic carbocycles. The molecule has 0 fully saturated rings. The SMILES string of the molecule is CC(C(=O)NCCC(=O)Nc1ccccc1)n1cccn1. The first-order valence-electron chi connectivity index (χ1n) is 6.78. The molecule has 0 aliphatic carbocycles. The van der Waals surface area contributed by atoms with Crippen LogP contribution < -0.4 is 10.6 Å². The maximum absolute atomic E-state index is 11.9. The standard InChI is InChI=1S/C15H18N4O2/c1-12(19-11-5-9-17-19)15(21)16-10-8-14(20)18-13-6-3-2-4-7-13/h2-7,9,11-12H,8,10H2,1H3,(H,16,21)(H,18,20). The Bertz CT molecular complexity index is 581. The van der Waals surface area contributed by atoms with Gasteiger partial charge in [0.1, 0.15) is 6.04 Å². The Labute approximate surface area is 123 Å². The van der Waals surface area contributed by atoms with Gasteiger partial charge in [0, 0.05) is 31.0 Å². The van der Waals surface area contributed by atoms with Crippen LogP contribution in [-0.4, -0.2) is 28.1 Å². The maximum Gasteiger partial charge on any atom is 0.244 e. The minimum Gasteiger partial charge on any atom is -0.354 e. The molecule has 0 aliphatic heterocycles. The second kappa shape index (κ2) is 7.23. The molecule has 1 heterocycles. The lowest BCUT2D eigenvalue weighted by atomic mass is 10.3. The third kappa shape index (κ3) is 4.45. The van der Waals surface area contributed by atoms with Gasteiger partial charge in [-0.3, -0.25) is 14.3 Å². The van der Waals surface area contributed by atoms with Gasteiger partial charge in [-0.25, -0.2) is 0 Å². The number of benzene rings is 1. The van der Waals surface area contributed by atoms with Crippen LogP contribution in [0.2, 0.25) is 0 Å². The Morgan fingerprint density at radius 3 is 2.67 bits per heavy atom. The van der Waals surface area contributed by atoms with Gasteiger partial charge in [-0.2, -0.15) is 5.10 Å². The summed E-state index contributed by atoms with van der Waals surface area (Å²) >= 11 is 0. The van der Waals surface area contributed by atoms with E-state index in [0.717, 1.165) is 5.69 Å². The first-order chi connectivity index (χ1) is 10.2. The van der Waals surface area contributed by atoms with E-state index in [9.17, 15) is 9.59 Å². The van der Waals surface area contributed by atoms with Crippen molar-refractivity contribution in [1.29, 1.82) is 0 Å². The van der Waals surface area contributed by atoms with Crippen molar-refractivity contribution in [2.75, 3.05) is 11.9 Å². The molecule has 0 spiro atoms. The summed E-state index contributed by atoms with van der Waals surface area (Å²) in [4.78, 5) is 23.6. The molecule has 0 saturated heterocycles. The number of hydrogen-bond acceptors (Lipinski definition) is 3. The largest absolute Gasteiger partial charge is 0.354 e. The summed E-state index contributed by atoms with van der Waals surface area (Å²) in [6.07, 6.45) is 3.58. The topological polar surface area (TPSA) is 76.0 Å². The van der Waals surface area contributed by atoms with Gasteiger partial charge in [0.15, 0.2) is 0 Å². The lowest BCUT2D eigenvalue weighted by Crippen LogP contribution is -2.33. The zero-order valence-electron chi connectivity index (χ0n) is 11.8. The van der Waals surface area contributed by atoms with E-state index < -0.39 is 6.04 Å². The van der Waals surface area contributed by atoms with Gasteiger partial charge >= 0.3 is 0 Å². The van der Waals surface area contributed by atoms with E-state index in [4.69, 9.17) is 0 Å². The fourth-order valence-electron chi connectivity index (χ4n) is 1.82. The number of anilines is 1. The third-order valence-electron chi connectivity index (χ3n) is 3.01. The number of carbonyl (C=O) groups is 2. The van der Waals surface area contributed by atoms with E-state index in [2.05, 4.69) is 15.7 Å². The van der Waals surface area contributed by atoms with Crippen LogP contribution in [0.1, 0.15) is 19.4 Å². The Hall–Kier alpha value is -2.63. The molecule has 1 aromatic heterocycles. The first-order valence-corrected chi connectivity index (χ1v) is 6.78. The van der Waals surface area contributed by atoms with Crippen molar-refractivity contribution in [3.05, 3.63) is 48.8 Å². The average molecular weight is 286 g/mol. The number of para-hydroxylation sites is 1. The Morgan fingerprint density at radius 2 is 2.00 bits per heavy atom. The summed E-state index contributed by atoms with van der Waals surface area (Å²) in [7, 11) is 0. The number of amides is 2. The summed E-state index contributed by atoms with van der Waals surface area (Å²) < 4.78 is 1.57. The van der Waals surface area contributed by atoms with Gasteiger partial charge in [0.25, 0.3) is 0 Å². The summed E-state index contributed by atoms with van der Waals surface area (Å²) in [5.74, 6) is -0.292. The molecule has 2 amide bonds. The first kappa shape index (κ1) is 14.8. The number of carbonyl (C=O) groups excluding carboxylic acids is 2. The normalized spacial score (nSPS) is 11.7. The second-order valence-electron chi connectivity index (χ2n) is 4.62. The molecule has 0 bridgehead atoms. The molecule has 1 unspecified atom stereocenters. The van der Waals surface area contributed by atoms with Gasteiger partial charge in [0.05, 0.1) is 0 Å². The van der Waals surface area contributed by atoms with Crippen LogP contribution >= 0.6 is 0 Å². The summed E-state index contributed by atoms with van der Waals surface area (Å²) in [5.41, 5.74) is 0.749. The molecule has 0 aliphatic rings. The summed E-state index contributed by atoms with van der Waals surface area (Å²) in [6, 6.07) is 10.6. The lowest BCUT2D eigenvalue weighted by molar-refractivity contribution is -0.124. The zero-order valence-corrected chi connectivity index (χ0v) is 11.8. The quantitative estimate of drug-likeness (QED) is 0.846. The van der Waals surface area contributed by atoms with Crippen LogP contribution in [0.25, 0.3) is 0 Å². The van der Waals surface area contributed by atoms with Crippen LogP contribution in [-0.2, 0) is 9.59 Å². The van der Waals surface area contributed by atoms with Crippen molar-refractivity contribution in [2.45, 2.75) is 19.4 Å². The Morgan fingerprint density at radius 1 is 1.24 bits per heavy atom. The van der Waals surface area contributed by atoms with E-state index in [1.807, 2.05) is 30.3 Å². The number of nitrogens with one attached hydrogen (secondary N) is 2. The van der Waals surface area contributed by atoms with Crippen LogP contribution in [0.4, 0.5) is 5.69 Å². The summed E-state index contributed by atoms with van der Waals surface area (Å²) in [5, 5.41) is 9.50. The van der Waals surface area contributed by atoms with Crippen molar-refractivity contribution in [3.8, 4) is 0 Å². The van der Waals surface area contributed by atoms with Crippen LogP contribution in [0, 0.1) is 0 Å². The van der Waals surface area contributed by atoms with E-state index in [-0.39, 0.29) is 18.2 Å². The smallest absolute Gasteiger partial charge is 0.244 e. The van der Waals surface area contributed by atoms with Gasteiger partial charge in [-0.1, -0.05) is 18.2 Å². The number of hydrogen-bond donors (Lipinski definition) is 2. The molecule has 6 heteroatoms. The summed E-state index contributed by atoms with van der Waals surface area (Å²) in [6.45, 7) is 2.05. The van der Waals surface area contributed by atoms with Crippen molar-refractivity contribution in [3.63, 3.8) is 0 Å². The highest BCUT2D eigenvalue weighted by molar-refractivity contribution is 5.91. The molecular formula is C15H18N4O2. The van der Waals surface area contributed by atoms with Gasteiger partial charge in [0.2, 0.25) is 11.8 Å². The maximum atomic E-state index is 11.9. The van der Waals surface area contributed by atoms with Crippen molar-refractivity contribution in [1.82, 2.24) is 15.1 Å². The fraction of sp³-hybridized carbons (Fsp3) is 0.267. The van der Waals surface area contributed by atoms with Crippen LogP contribution in [0.5, 0.6) is 0 Å². The minimum absolute atomic E-state index is 0.131. The molecule has 2 aromatic rings. The monoisotopic (exact) mass is 286 g/mol. The molecule has 21 heavy (non-hydrogen) atoms. The highest BCUT2D eigenvalue weighted by Gasteiger charge is 2.14. The molecular weight excluding hydrogens is 268 g/mol. The zero-order chi connectivity index (χ0) is 15.1. The third-order valence-corrected chi connectivity index (χ3v) is 3.01. The van der Waals surface area contributed by atoms with Gasteiger partial charge < -0.3 is 10.6 Å². The number of nitrogens with zero attached hydrogens (tertiary/aromatic N) is 2. The predicted octanol–water partition coefficient (Wildman–Crippen LogP) is 1.59. The van der Waals surface area contributed by atoms with Crippen LogP contribution in [0.15, 0.2) is 48.8 Å². The van der Waals surface area contributed by atoms with Gasteiger partial charge in [-0.05, 0) is 25.1 Å². The molecule has 2 rings (SSSR count). The minimum atomic E-state index is -0.391. The molecule has 0 radical (unpaired) electrons. The van der Waals surface area contributed by atoms with E-state index in [1.54, 1.807) is 30.1 Å². The highest BCUT2D eigenvalue weighted by Crippen LogP contribution is 2.05. The van der Waals surface area contributed by atoms with Crippen LogP contribution in [0.3, 0.4) is 0 Å². The number of rotatable bonds is 6.